The minimum Gasteiger partial charge on any atom is -0.521 e. The van der Waals surface area contributed by atoms with E-state index in [1.165, 1.54) is 0 Å². The molecule has 104 valence electrons. The van der Waals surface area contributed by atoms with Gasteiger partial charge in [0, 0.05) is 6.07 Å². The van der Waals surface area contributed by atoms with Crippen LogP contribution in [0, 0.1) is 0 Å². The Morgan fingerprint density at radius 2 is 1.14 bits per heavy atom. The van der Waals surface area contributed by atoms with E-state index in [1.54, 1.807) is 0 Å². The fourth-order valence-corrected chi connectivity index (χ4v) is 2.10. The Bertz CT molecular complexity index is 712. The minimum atomic E-state index is 0.714. The van der Waals surface area contributed by atoms with Gasteiger partial charge in [0.1, 0.15) is 23.0 Å². The zero-order chi connectivity index (χ0) is 14.5. The Hall–Kier alpha value is -2.31. The summed E-state index contributed by atoms with van der Waals surface area (Å²) >= 11 is 0. The van der Waals surface area contributed by atoms with Crippen LogP contribution in [-0.4, -0.2) is 0 Å². The van der Waals surface area contributed by atoms with Crippen LogP contribution in [0.3, 0.4) is 0 Å². The summed E-state index contributed by atoms with van der Waals surface area (Å²) in [6.45, 7) is 0. The standard InChI is InChI=1S/C18H14O2P/c21-18-12-11-16(19-14-7-3-1-4-8-14)13-17(18)20-15-9-5-2-6-10-15/h1-13,21H/q-1. The molecule has 0 aliphatic carbocycles. The van der Waals surface area contributed by atoms with Gasteiger partial charge in [-0.1, -0.05) is 42.5 Å². The summed E-state index contributed by atoms with van der Waals surface area (Å²) in [4.78, 5) is 0. The molecule has 0 radical (unpaired) electrons. The number of ether oxygens (including phenoxy) is 2. The SMILES string of the molecule is [PH-]c1ccc(Oc2ccccc2)cc1Oc1ccccc1. The van der Waals surface area contributed by atoms with Gasteiger partial charge in [0.15, 0.2) is 0 Å². The number of hydrogen-bond acceptors (Lipinski definition) is 2. The highest BCUT2D eigenvalue weighted by Gasteiger charge is 2.02. The molecule has 0 bridgehead atoms. The highest BCUT2D eigenvalue weighted by molar-refractivity contribution is 7.27. The van der Waals surface area contributed by atoms with Crippen molar-refractivity contribution in [3.8, 4) is 23.0 Å². The first kappa shape index (κ1) is 13.7. The normalized spacial score (nSPS) is 10.1. The van der Waals surface area contributed by atoms with E-state index >= 15 is 0 Å². The van der Waals surface area contributed by atoms with Gasteiger partial charge in [-0.2, -0.15) is 5.30 Å². The molecule has 0 atom stereocenters. The van der Waals surface area contributed by atoms with Crippen LogP contribution in [0.5, 0.6) is 23.0 Å². The van der Waals surface area contributed by atoms with Crippen LogP contribution in [0.4, 0.5) is 0 Å². The third kappa shape index (κ3) is 3.62. The highest BCUT2D eigenvalue weighted by atomic mass is 31.0. The van der Waals surface area contributed by atoms with Crippen molar-refractivity contribution in [3.63, 3.8) is 0 Å². The molecule has 0 amide bonds. The second-order valence-corrected chi connectivity index (χ2v) is 5.03. The van der Waals surface area contributed by atoms with Gasteiger partial charge in [-0.05, 0) is 30.3 Å². The van der Waals surface area contributed by atoms with E-state index in [-0.39, 0.29) is 0 Å². The molecular formula is C18H14O2P-. The fourth-order valence-electron chi connectivity index (χ4n) is 1.89. The van der Waals surface area contributed by atoms with Gasteiger partial charge < -0.3 is 18.7 Å². The van der Waals surface area contributed by atoms with Crippen LogP contribution in [0.2, 0.25) is 0 Å². The number of benzene rings is 3. The van der Waals surface area contributed by atoms with Crippen LogP contribution in [0.15, 0.2) is 78.9 Å². The van der Waals surface area contributed by atoms with Crippen molar-refractivity contribution in [2.75, 3.05) is 0 Å². The van der Waals surface area contributed by atoms with Crippen molar-refractivity contribution in [2.24, 2.45) is 0 Å². The summed E-state index contributed by atoms with van der Waals surface area (Å²) in [6, 6.07) is 25.0. The first-order valence-electron chi connectivity index (χ1n) is 6.63. The lowest BCUT2D eigenvalue weighted by Gasteiger charge is -2.15. The van der Waals surface area contributed by atoms with Crippen LogP contribution >= 0.6 is 9.24 Å². The third-order valence-corrected chi connectivity index (χ3v) is 3.32. The Morgan fingerprint density at radius 3 is 1.76 bits per heavy atom. The second kappa shape index (κ2) is 6.43. The summed E-state index contributed by atoms with van der Waals surface area (Å²) in [5, 5.41) is 0.874. The Labute approximate surface area is 126 Å². The minimum absolute atomic E-state index is 0.714. The molecule has 0 saturated heterocycles. The van der Waals surface area contributed by atoms with Crippen molar-refractivity contribution >= 4 is 14.5 Å². The third-order valence-electron chi connectivity index (χ3n) is 2.90. The van der Waals surface area contributed by atoms with E-state index in [0.29, 0.717) is 5.75 Å². The van der Waals surface area contributed by atoms with Crippen LogP contribution in [-0.2, 0) is 0 Å². The van der Waals surface area contributed by atoms with Crippen molar-refractivity contribution in [3.05, 3.63) is 78.9 Å². The topological polar surface area (TPSA) is 18.5 Å². The zero-order valence-corrected chi connectivity index (χ0v) is 12.3. The van der Waals surface area contributed by atoms with Gasteiger partial charge >= 0.3 is 0 Å². The van der Waals surface area contributed by atoms with Crippen LogP contribution < -0.4 is 14.8 Å². The molecule has 21 heavy (non-hydrogen) atoms. The smallest absolute Gasteiger partial charge is 0.130 e. The van der Waals surface area contributed by atoms with Gasteiger partial charge in [0.05, 0.1) is 0 Å². The van der Waals surface area contributed by atoms with E-state index in [1.807, 2.05) is 78.9 Å². The first-order chi connectivity index (χ1) is 10.3. The molecular weight excluding hydrogens is 279 g/mol. The predicted molar refractivity (Wildman–Crippen MR) is 87.4 cm³/mol. The van der Waals surface area contributed by atoms with Gasteiger partial charge in [0.25, 0.3) is 0 Å². The van der Waals surface area contributed by atoms with Crippen LogP contribution in [0.1, 0.15) is 0 Å². The maximum Gasteiger partial charge on any atom is 0.130 e. The average Bonchev–Trinajstić information content (AvgIpc) is 2.53. The van der Waals surface area contributed by atoms with Gasteiger partial charge in [-0.15, -0.1) is 0 Å². The fraction of sp³-hybridized carbons (Fsp3) is 0. The average molecular weight is 293 g/mol. The lowest BCUT2D eigenvalue weighted by molar-refractivity contribution is 0.463. The Morgan fingerprint density at radius 1 is 0.571 bits per heavy atom. The van der Waals surface area contributed by atoms with Gasteiger partial charge in [-0.25, -0.2) is 0 Å². The highest BCUT2D eigenvalue weighted by Crippen LogP contribution is 2.28. The molecule has 0 N–H and O–H groups in total. The molecule has 0 spiro atoms. The van der Waals surface area contributed by atoms with Crippen molar-refractivity contribution in [2.45, 2.75) is 0 Å². The molecule has 0 aliphatic rings. The maximum atomic E-state index is 5.86. The van der Waals surface area contributed by atoms with Gasteiger partial charge in [-0.3, -0.25) is 0 Å². The monoisotopic (exact) mass is 293 g/mol. The van der Waals surface area contributed by atoms with Crippen molar-refractivity contribution in [1.82, 2.24) is 0 Å². The molecule has 0 unspecified atom stereocenters. The largest absolute Gasteiger partial charge is 0.521 e. The molecule has 3 heteroatoms. The molecule has 2 nitrogen and oxygen atoms in total. The summed E-state index contributed by atoms with van der Waals surface area (Å²) in [5.41, 5.74) is 0. The van der Waals surface area contributed by atoms with E-state index in [9.17, 15) is 0 Å². The molecule has 0 aliphatic heterocycles. The van der Waals surface area contributed by atoms with Crippen molar-refractivity contribution in [1.29, 1.82) is 0 Å². The lowest BCUT2D eigenvalue weighted by atomic mass is 10.3. The molecule has 0 heterocycles. The first-order valence-corrected chi connectivity index (χ1v) is 7.13. The molecule has 3 aromatic rings. The molecule has 0 fully saturated rings. The quantitative estimate of drug-likeness (QED) is 0.627. The summed E-state index contributed by atoms with van der Waals surface area (Å²) in [5.74, 6) is 3.03. The number of rotatable bonds is 4. The van der Waals surface area contributed by atoms with E-state index in [2.05, 4.69) is 9.24 Å². The summed E-state index contributed by atoms with van der Waals surface area (Å²) in [7, 11) is 3.55. The Balaban J connectivity index is 1.83. The molecule has 0 saturated carbocycles. The second-order valence-electron chi connectivity index (χ2n) is 4.49. The number of hydrogen-bond donors (Lipinski definition) is 0. The predicted octanol–water partition coefficient (Wildman–Crippen LogP) is 5.04. The Kier molecular flexibility index (Phi) is 4.18. The maximum absolute atomic E-state index is 5.86. The summed E-state index contributed by atoms with van der Waals surface area (Å²) in [6.07, 6.45) is 0. The lowest BCUT2D eigenvalue weighted by Crippen LogP contribution is -1.98. The molecule has 0 aromatic heterocycles. The number of para-hydroxylation sites is 2. The summed E-state index contributed by atoms with van der Waals surface area (Å²) < 4.78 is 11.7. The molecule has 3 aromatic carbocycles. The van der Waals surface area contributed by atoms with Crippen LogP contribution in [0.25, 0.3) is 0 Å². The van der Waals surface area contributed by atoms with Crippen molar-refractivity contribution < 1.29 is 9.47 Å². The van der Waals surface area contributed by atoms with E-state index < -0.39 is 0 Å². The molecule has 3 rings (SSSR count). The van der Waals surface area contributed by atoms with E-state index in [0.717, 1.165) is 22.6 Å². The zero-order valence-electron chi connectivity index (χ0n) is 11.3. The van der Waals surface area contributed by atoms with E-state index in [4.69, 9.17) is 9.47 Å². The van der Waals surface area contributed by atoms with Gasteiger partial charge in [0.2, 0.25) is 0 Å².